The fraction of sp³-hybridized carbons (Fsp3) is 0.854. The molecule has 1 saturated carbocycles. The third kappa shape index (κ3) is 15.9. The molecule has 0 saturated heterocycles. The van der Waals surface area contributed by atoms with Gasteiger partial charge in [0, 0.05) is 25.7 Å². The molecule has 7 nitrogen and oxygen atoms in total. The summed E-state index contributed by atoms with van der Waals surface area (Å²) < 4.78 is 0. The van der Waals surface area contributed by atoms with Crippen molar-refractivity contribution in [2.75, 3.05) is 0 Å². The second kappa shape index (κ2) is 27.1. The number of Topliss-reactive ketones (excluding diaryl/α,β-unsaturated/α-hetero) is 4. The summed E-state index contributed by atoms with van der Waals surface area (Å²) >= 11 is 0. The number of hydrogen-bond acceptors (Lipinski definition) is 7. The molecule has 1 aliphatic rings. The van der Waals surface area contributed by atoms with Gasteiger partial charge in [0.2, 0.25) is 5.60 Å². The molecule has 0 bridgehead atoms. The molecule has 3 N–H and O–H groups in total. The van der Waals surface area contributed by atoms with Gasteiger partial charge in [-0.05, 0) is 38.5 Å². The molecule has 48 heavy (non-hydrogen) atoms. The zero-order valence-electron chi connectivity index (χ0n) is 30.9. The van der Waals surface area contributed by atoms with Crippen LogP contribution in [-0.2, 0) is 19.2 Å². The quantitative estimate of drug-likeness (QED) is 0.0359. The molecule has 0 aromatic carbocycles. The van der Waals surface area contributed by atoms with E-state index in [4.69, 9.17) is 0 Å². The fourth-order valence-corrected chi connectivity index (χ4v) is 6.96. The maximum atomic E-state index is 13.4. The minimum atomic E-state index is -3.16. The lowest BCUT2D eigenvalue weighted by Gasteiger charge is -2.40. The summed E-state index contributed by atoms with van der Waals surface area (Å²) in [4.78, 5) is 51.7. The van der Waals surface area contributed by atoms with Crippen molar-refractivity contribution in [1.29, 1.82) is 0 Å². The number of carbonyl (C=O) groups excluding carboxylic acids is 4. The average molecular weight is 677 g/mol. The average Bonchev–Trinajstić information content (AvgIpc) is 3.35. The van der Waals surface area contributed by atoms with Crippen LogP contribution >= 0.6 is 0 Å². The Hall–Kier alpha value is -1.70. The molecule has 0 spiro atoms. The van der Waals surface area contributed by atoms with Crippen LogP contribution in [0.15, 0.2) is 12.2 Å². The standard InChI is InChI=1S/C41H72O7/c1-3-5-7-9-11-13-15-17-18-20-22-24-26-28-30-32-36(43)41(48,40(47)37(44)33-34-38(40)45)39(46)35(42)31-29-27-25-23-21-19-16-14-12-10-8-6-4-2/h17-18,39,46-48H,3-16,19-34H2,1-2H3/b18-17-. The lowest BCUT2D eigenvalue weighted by molar-refractivity contribution is -0.202. The second-order valence-electron chi connectivity index (χ2n) is 14.4. The molecule has 0 amide bonds. The molecule has 2 unspecified atom stereocenters. The van der Waals surface area contributed by atoms with Crippen LogP contribution < -0.4 is 0 Å². The van der Waals surface area contributed by atoms with Gasteiger partial charge in [-0.1, -0.05) is 154 Å². The molecule has 0 radical (unpaired) electrons. The topological polar surface area (TPSA) is 129 Å². The number of rotatable bonds is 33. The van der Waals surface area contributed by atoms with E-state index >= 15 is 0 Å². The minimum Gasteiger partial charge on any atom is -0.382 e. The van der Waals surface area contributed by atoms with Gasteiger partial charge in [-0.25, -0.2) is 0 Å². The van der Waals surface area contributed by atoms with Crippen LogP contribution in [-0.4, -0.2) is 55.8 Å². The van der Waals surface area contributed by atoms with Crippen LogP contribution in [0.1, 0.15) is 206 Å². The van der Waals surface area contributed by atoms with Crippen LogP contribution in [0.25, 0.3) is 0 Å². The van der Waals surface area contributed by atoms with Gasteiger partial charge in [0.25, 0.3) is 0 Å². The van der Waals surface area contributed by atoms with Gasteiger partial charge in [-0.15, -0.1) is 0 Å². The summed E-state index contributed by atoms with van der Waals surface area (Å²) in [5.41, 5.74) is -6.25. The van der Waals surface area contributed by atoms with Crippen molar-refractivity contribution in [3.05, 3.63) is 12.2 Å². The molecule has 2 atom stereocenters. The first kappa shape index (κ1) is 44.3. The van der Waals surface area contributed by atoms with Crippen molar-refractivity contribution < 1.29 is 34.5 Å². The number of ketones is 4. The Kier molecular flexibility index (Phi) is 25.0. The van der Waals surface area contributed by atoms with Gasteiger partial charge >= 0.3 is 0 Å². The minimum absolute atomic E-state index is 0.0968. The van der Waals surface area contributed by atoms with Gasteiger partial charge in [-0.3, -0.25) is 19.2 Å². The van der Waals surface area contributed by atoms with Crippen LogP contribution in [0.5, 0.6) is 0 Å². The Balaban J connectivity index is 2.44. The summed E-state index contributed by atoms with van der Waals surface area (Å²) in [6.07, 6.45) is 29.7. The van der Waals surface area contributed by atoms with Crippen LogP contribution in [0, 0.1) is 0 Å². The highest BCUT2D eigenvalue weighted by Gasteiger charge is 2.69. The van der Waals surface area contributed by atoms with E-state index in [9.17, 15) is 34.5 Å². The Labute approximate surface area is 293 Å². The Bertz CT molecular complexity index is 910. The van der Waals surface area contributed by atoms with Crippen molar-refractivity contribution in [2.45, 2.75) is 224 Å². The van der Waals surface area contributed by atoms with E-state index in [1.165, 1.54) is 89.9 Å². The third-order valence-electron chi connectivity index (χ3n) is 10.3. The van der Waals surface area contributed by atoms with Crippen molar-refractivity contribution >= 4 is 23.1 Å². The van der Waals surface area contributed by atoms with Crippen LogP contribution in [0.4, 0.5) is 0 Å². The van der Waals surface area contributed by atoms with Crippen molar-refractivity contribution in [3.8, 4) is 0 Å². The SMILES string of the molecule is CCCCCCCC/C=C\CCCCCCCC(=O)C(O)(C(O)C(=O)CCCCCCCCCCCCCCC)C1(O)C(=O)CCC1=O. The van der Waals surface area contributed by atoms with Gasteiger partial charge in [0.15, 0.2) is 34.8 Å². The van der Waals surface area contributed by atoms with E-state index in [1.807, 2.05) is 0 Å². The first-order chi connectivity index (χ1) is 23.2. The molecule has 0 aromatic rings. The highest BCUT2D eigenvalue weighted by atomic mass is 16.4. The molecule has 0 aliphatic heterocycles. The number of aliphatic hydroxyl groups is 3. The normalized spacial score (nSPS) is 16.5. The number of carbonyl (C=O) groups is 4. The van der Waals surface area contributed by atoms with Crippen LogP contribution in [0.3, 0.4) is 0 Å². The summed E-state index contributed by atoms with van der Waals surface area (Å²) in [5, 5.41) is 33.7. The molecule has 1 rings (SSSR count). The predicted molar refractivity (Wildman–Crippen MR) is 195 cm³/mol. The van der Waals surface area contributed by atoms with E-state index in [0.29, 0.717) is 19.3 Å². The molecule has 1 fully saturated rings. The van der Waals surface area contributed by atoms with Crippen molar-refractivity contribution in [2.24, 2.45) is 0 Å². The van der Waals surface area contributed by atoms with Crippen molar-refractivity contribution in [3.63, 3.8) is 0 Å². The van der Waals surface area contributed by atoms with E-state index < -0.39 is 40.4 Å². The zero-order chi connectivity index (χ0) is 35.5. The number of hydrogen-bond donors (Lipinski definition) is 3. The van der Waals surface area contributed by atoms with Crippen LogP contribution in [0.2, 0.25) is 0 Å². The number of unbranched alkanes of at least 4 members (excludes halogenated alkanes) is 23. The molecule has 278 valence electrons. The van der Waals surface area contributed by atoms with E-state index in [2.05, 4.69) is 26.0 Å². The van der Waals surface area contributed by atoms with Gasteiger partial charge < -0.3 is 15.3 Å². The molecule has 7 heteroatoms. The van der Waals surface area contributed by atoms with Crippen molar-refractivity contribution in [1.82, 2.24) is 0 Å². The molecule has 0 aromatic heterocycles. The predicted octanol–water partition coefficient (Wildman–Crippen LogP) is 9.40. The smallest absolute Gasteiger partial charge is 0.220 e. The summed E-state index contributed by atoms with van der Waals surface area (Å²) in [6, 6.07) is 0. The lowest BCUT2D eigenvalue weighted by atomic mass is 9.70. The highest BCUT2D eigenvalue weighted by molar-refractivity contribution is 6.21. The Morgan fingerprint density at radius 2 is 0.938 bits per heavy atom. The molecule has 1 aliphatic carbocycles. The lowest BCUT2D eigenvalue weighted by Crippen LogP contribution is -2.72. The third-order valence-corrected chi connectivity index (χ3v) is 10.3. The Morgan fingerprint density at radius 3 is 1.33 bits per heavy atom. The number of aliphatic hydroxyl groups excluding tert-OH is 1. The number of allylic oxidation sites excluding steroid dienone is 2. The zero-order valence-corrected chi connectivity index (χ0v) is 30.9. The van der Waals surface area contributed by atoms with E-state index in [-0.39, 0.29) is 25.7 Å². The fourth-order valence-electron chi connectivity index (χ4n) is 6.96. The Morgan fingerprint density at radius 1 is 0.604 bits per heavy atom. The molecular formula is C41H72O7. The largest absolute Gasteiger partial charge is 0.382 e. The summed E-state index contributed by atoms with van der Waals surface area (Å²) in [5.74, 6) is -3.86. The second-order valence-corrected chi connectivity index (χ2v) is 14.4. The van der Waals surface area contributed by atoms with E-state index in [1.54, 1.807) is 0 Å². The van der Waals surface area contributed by atoms with Gasteiger partial charge in [0.05, 0.1) is 0 Å². The summed E-state index contributed by atoms with van der Waals surface area (Å²) in [7, 11) is 0. The first-order valence-electron chi connectivity index (χ1n) is 20.1. The van der Waals surface area contributed by atoms with Gasteiger partial charge in [-0.2, -0.15) is 0 Å². The maximum absolute atomic E-state index is 13.4. The highest BCUT2D eigenvalue weighted by Crippen LogP contribution is 2.38. The summed E-state index contributed by atoms with van der Waals surface area (Å²) in [6.45, 7) is 4.46. The first-order valence-corrected chi connectivity index (χ1v) is 20.1. The maximum Gasteiger partial charge on any atom is 0.220 e. The molecular weight excluding hydrogens is 604 g/mol. The van der Waals surface area contributed by atoms with Gasteiger partial charge in [0.1, 0.15) is 0 Å². The van der Waals surface area contributed by atoms with E-state index in [0.717, 1.165) is 57.8 Å². The molecule has 0 heterocycles. The monoisotopic (exact) mass is 677 g/mol.